The zero-order chi connectivity index (χ0) is 31.2. The van der Waals surface area contributed by atoms with Gasteiger partial charge < -0.3 is 8.83 Å². The Kier molecular flexibility index (Phi) is 6.41. The van der Waals surface area contributed by atoms with Gasteiger partial charge in [-0.25, -0.2) is 0 Å². The highest BCUT2D eigenvalue weighted by molar-refractivity contribution is 6.20. The van der Waals surface area contributed by atoms with Gasteiger partial charge in [-0.05, 0) is 153 Å². The van der Waals surface area contributed by atoms with Crippen LogP contribution < -0.4 is 0 Å². The Morgan fingerprint density at radius 3 is 1.55 bits per heavy atom. The predicted molar refractivity (Wildman–Crippen MR) is 190 cm³/mol. The van der Waals surface area contributed by atoms with E-state index in [0.29, 0.717) is 0 Å². The second kappa shape index (κ2) is 9.99. The minimum Gasteiger partial charge on any atom is -0.456 e. The Hall–Kier alpha value is -4.56. The molecule has 0 aliphatic carbocycles. The molecule has 0 bridgehead atoms. The van der Waals surface area contributed by atoms with E-state index in [0.717, 1.165) is 22.3 Å². The largest absolute Gasteiger partial charge is 0.456 e. The first-order valence-corrected chi connectivity index (χ1v) is 15.6. The number of hydrogen-bond acceptors (Lipinski definition) is 2. The van der Waals surface area contributed by atoms with Gasteiger partial charge in [-0.1, -0.05) is 53.6 Å². The van der Waals surface area contributed by atoms with E-state index in [4.69, 9.17) is 8.83 Å². The average molecular weight is 577 g/mol. The van der Waals surface area contributed by atoms with Crippen molar-refractivity contribution < 1.29 is 8.83 Å². The molecule has 0 saturated carbocycles. The number of fused-ring (bicyclic) bond motifs is 9. The summed E-state index contributed by atoms with van der Waals surface area (Å²) < 4.78 is 12.5. The van der Waals surface area contributed by atoms with Crippen LogP contribution in [-0.2, 0) is 0 Å². The van der Waals surface area contributed by atoms with Crippen molar-refractivity contribution >= 4 is 65.4 Å². The summed E-state index contributed by atoms with van der Waals surface area (Å²) in [6.45, 7) is 21.8. The Balaban J connectivity index is 0.000000142. The Morgan fingerprint density at radius 1 is 0.341 bits per heavy atom. The van der Waals surface area contributed by atoms with Gasteiger partial charge in [-0.15, -0.1) is 0 Å². The van der Waals surface area contributed by atoms with E-state index in [-0.39, 0.29) is 0 Å². The SMILES string of the molecule is Cc1ccc2cc3c(cc2c1)oc1c(C)c(C)c(C)c(C)c13.Cc1ccc2ccc3oc4c(C)c(C)c(C)c(C)c4c3c2c1. The third-order valence-electron chi connectivity index (χ3n) is 10.4. The molecular formula is C42H40O2. The van der Waals surface area contributed by atoms with Crippen molar-refractivity contribution in [2.24, 2.45) is 0 Å². The lowest BCUT2D eigenvalue weighted by Gasteiger charge is -2.10. The third-order valence-corrected chi connectivity index (χ3v) is 10.4. The molecule has 0 spiro atoms. The van der Waals surface area contributed by atoms with Gasteiger partial charge >= 0.3 is 0 Å². The molecule has 0 aliphatic rings. The molecule has 0 radical (unpaired) electrons. The van der Waals surface area contributed by atoms with Crippen molar-refractivity contribution in [3.05, 3.63) is 116 Å². The molecule has 0 unspecified atom stereocenters. The van der Waals surface area contributed by atoms with E-state index in [9.17, 15) is 0 Å². The molecule has 2 heterocycles. The Bertz CT molecular complexity index is 2470. The molecule has 0 N–H and O–H groups in total. The smallest absolute Gasteiger partial charge is 0.138 e. The molecule has 6 aromatic carbocycles. The van der Waals surface area contributed by atoms with Gasteiger partial charge in [0.25, 0.3) is 0 Å². The fourth-order valence-electron chi connectivity index (χ4n) is 7.09. The number of aryl methyl sites for hydroxylation is 6. The van der Waals surface area contributed by atoms with Crippen LogP contribution >= 0.6 is 0 Å². The molecule has 8 aromatic rings. The Morgan fingerprint density at radius 2 is 0.864 bits per heavy atom. The molecule has 2 nitrogen and oxygen atoms in total. The highest BCUT2D eigenvalue weighted by Gasteiger charge is 2.19. The monoisotopic (exact) mass is 576 g/mol. The van der Waals surface area contributed by atoms with Crippen LogP contribution in [0, 0.1) is 69.2 Å². The van der Waals surface area contributed by atoms with E-state index in [1.54, 1.807) is 0 Å². The number of benzene rings is 6. The first-order valence-electron chi connectivity index (χ1n) is 15.6. The molecule has 0 atom stereocenters. The van der Waals surface area contributed by atoms with Crippen molar-refractivity contribution in [1.82, 2.24) is 0 Å². The molecule has 0 aliphatic heterocycles. The van der Waals surface area contributed by atoms with Crippen LogP contribution in [0.1, 0.15) is 55.6 Å². The minimum absolute atomic E-state index is 0.990. The summed E-state index contributed by atoms with van der Waals surface area (Å²) in [5.41, 5.74) is 17.2. The normalized spacial score (nSPS) is 11.9. The lowest BCUT2D eigenvalue weighted by molar-refractivity contribution is 0.665. The second-order valence-corrected chi connectivity index (χ2v) is 13.0. The topological polar surface area (TPSA) is 26.3 Å². The number of rotatable bonds is 0. The van der Waals surface area contributed by atoms with E-state index >= 15 is 0 Å². The molecule has 0 fully saturated rings. The van der Waals surface area contributed by atoms with Crippen molar-refractivity contribution in [3.8, 4) is 0 Å². The molecule has 220 valence electrons. The minimum atomic E-state index is 0.990. The van der Waals surface area contributed by atoms with Gasteiger partial charge in [0.15, 0.2) is 0 Å². The summed E-state index contributed by atoms with van der Waals surface area (Å²) >= 11 is 0. The summed E-state index contributed by atoms with van der Waals surface area (Å²) in [5.74, 6) is 0. The van der Waals surface area contributed by atoms with Gasteiger partial charge in [0.2, 0.25) is 0 Å². The van der Waals surface area contributed by atoms with Gasteiger partial charge in [-0.3, -0.25) is 0 Å². The Labute approximate surface area is 259 Å². The maximum Gasteiger partial charge on any atom is 0.138 e. The van der Waals surface area contributed by atoms with Gasteiger partial charge in [0.05, 0.1) is 0 Å². The first-order chi connectivity index (χ1) is 21.0. The van der Waals surface area contributed by atoms with E-state index in [2.05, 4.69) is 130 Å². The lowest BCUT2D eigenvalue weighted by atomic mass is 9.93. The summed E-state index contributed by atoms with van der Waals surface area (Å²) in [6, 6.07) is 22.0. The van der Waals surface area contributed by atoms with E-state index in [1.165, 1.54) is 98.7 Å². The quantitative estimate of drug-likeness (QED) is 0.179. The van der Waals surface area contributed by atoms with Crippen molar-refractivity contribution in [2.75, 3.05) is 0 Å². The highest BCUT2D eigenvalue weighted by Crippen LogP contribution is 2.41. The second-order valence-electron chi connectivity index (χ2n) is 13.0. The standard InChI is InChI=1S/2C21H20O/c1-11-6-7-16-9-18-19(10-17(16)8-11)22-21-15(5)13(3)12(2)14(4)20(18)21;1-11-6-7-16-8-9-18-20(17(16)10-11)19-14(4)12(2)13(3)15(5)21(19)22-18/h2*6-10H,1-5H3. The lowest BCUT2D eigenvalue weighted by Crippen LogP contribution is -1.92. The maximum absolute atomic E-state index is 6.25. The molecule has 2 heteroatoms. The van der Waals surface area contributed by atoms with Crippen LogP contribution in [0.2, 0.25) is 0 Å². The summed E-state index contributed by atoms with van der Waals surface area (Å²) in [4.78, 5) is 0. The maximum atomic E-state index is 6.25. The van der Waals surface area contributed by atoms with Crippen molar-refractivity contribution in [3.63, 3.8) is 0 Å². The van der Waals surface area contributed by atoms with Crippen molar-refractivity contribution in [1.29, 1.82) is 0 Å². The van der Waals surface area contributed by atoms with Gasteiger partial charge in [0, 0.05) is 21.5 Å². The molecule has 2 aromatic heterocycles. The van der Waals surface area contributed by atoms with Gasteiger partial charge in [-0.2, -0.15) is 0 Å². The predicted octanol–water partition coefficient (Wildman–Crippen LogP) is 12.6. The first kappa shape index (κ1) is 28.2. The van der Waals surface area contributed by atoms with Crippen LogP contribution in [0.3, 0.4) is 0 Å². The molecular weight excluding hydrogens is 536 g/mol. The van der Waals surface area contributed by atoms with Crippen LogP contribution in [0.25, 0.3) is 65.4 Å². The average Bonchev–Trinajstić information content (AvgIpc) is 3.59. The summed E-state index contributed by atoms with van der Waals surface area (Å²) in [6.07, 6.45) is 0. The third kappa shape index (κ3) is 4.08. The van der Waals surface area contributed by atoms with E-state index < -0.39 is 0 Å². The molecule has 8 rings (SSSR count). The van der Waals surface area contributed by atoms with Crippen LogP contribution in [0.5, 0.6) is 0 Å². The van der Waals surface area contributed by atoms with Gasteiger partial charge in [0.1, 0.15) is 22.3 Å². The summed E-state index contributed by atoms with van der Waals surface area (Å²) in [7, 11) is 0. The molecule has 0 saturated heterocycles. The highest BCUT2D eigenvalue weighted by atomic mass is 16.3. The zero-order valence-corrected chi connectivity index (χ0v) is 27.6. The number of furan rings is 2. The van der Waals surface area contributed by atoms with Crippen molar-refractivity contribution in [2.45, 2.75) is 69.2 Å². The van der Waals surface area contributed by atoms with E-state index in [1.807, 2.05) is 0 Å². The van der Waals surface area contributed by atoms with Crippen LogP contribution in [-0.4, -0.2) is 0 Å². The van der Waals surface area contributed by atoms with Crippen LogP contribution in [0.15, 0.2) is 69.5 Å². The van der Waals surface area contributed by atoms with Crippen LogP contribution in [0.4, 0.5) is 0 Å². The summed E-state index contributed by atoms with van der Waals surface area (Å²) in [5, 5.41) is 10.1. The number of hydrogen-bond donors (Lipinski definition) is 0. The fraction of sp³-hybridized carbons (Fsp3) is 0.238. The molecule has 0 amide bonds. The zero-order valence-electron chi connectivity index (χ0n) is 27.6. The fourth-order valence-corrected chi connectivity index (χ4v) is 7.09. The molecule has 44 heavy (non-hydrogen) atoms.